The molecule has 158 valence electrons. The summed E-state index contributed by atoms with van der Waals surface area (Å²) in [5.74, 6) is -0.0674. The number of carbonyl (C=O) groups is 2. The van der Waals surface area contributed by atoms with E-state index in [4.69, 9.17) is 14.6 Å². The first-order chi connectivity index (χ1) is 14.8. The van der Waals surface area contributed by atoms with Crippen LogP contribution in [0.3, 0.4) is 0 Å². The second-order valence-electron chi connectivity index (χ2n) is 6.88. The Kier molecular flexibility index (Phi) is 6.82. The summed E-state index contributed by atoms with van der Waals surface area (Å²) >= 11 is 4.43. The number of carboxylic acid groups (broad SMARTS) is 1. The number of aromatic carboxylic acids is 1. The molecule has 6 heteroatoms. The quantitative estimate of drug-likeness (QED) is 0.289. The number of carboxylic acids is 1. The maximum atomic E-state index is 12.6. The first-order valence-electron chi connectivity index (χ1n) is 9.45. The van der Waals surface area contributed by atoms with Crippen LogP contribution in [0.15, 0.2) is 65.6 Å². The summed E-state index contributed by atoms with van der Waals surface area (Å²) in [5.41, 5.74) is 4.09. The molecule has 0 saturated heterocycles. The molecule has 0 aliphatic rings. The van der Waals surface area contributed by atoms with E-state index in [-0.39, 0.29) is 11.3 Å². The molecule has 0 fully saturated rings. The summed E-state index contributed by atoms with van der Waals surface area (Å²) in [5, 5.41) is 8.99. The van der Waals surface area contributed by atoms with Crippen molar-refractivity contribution in [2.75, 3.05) is 14.2 Å². The average molecular weight is 435 g/mol. The van der Waals surface area contributed by atoms with Crippen LogP contribution in [0, 0.1) is 6.92 Å². The van der Waals surface area contributed by atoms with Gasteiger partial charge in [-0.05, 0) is 54.5 Å². The Bertz CT molecular complexity index is 1160. The molecule has 5 nitrogen and oxygen atoms in total. The van der Waals surface area contributed by atoms with E-state index in [0.29, 0.717) is 22.6 Å². The lowest BCUT2D eigenvalue weighted by Gasteiger charge is -2.14. The van der Waals surface area contributed by atoms with E-state index in [1.54, 1.807) is 26.4 Å². The van der Waals surface area contributed by atoms with Crippen LogP contribution in [0.1, 0.15) is 31.8 Å². The molecule has 3 aromatic rings. The van der Waals surface area contributed by atoms with E-state index in [0.717, 1.165) is 21.6 Å². The number of thiol groups is 1. The van der Waals surface area contributed by atoms with E-state index in [1.165, 1.54) is 30.3 Å². The van der Waals surface area contributed by atoms with Gasteiger partial charge in [0.2, 0.25) is 0 Å². The highest BCUT2D eigenvalue weighted by molar-refractivity contribution is 7.80. The number of hydrogen-bond donors (Lipinski definition) is 2. The molecule has 0 unspecified atom stereocenters. The van der Waals surface area contributed by atoms with Crippen LogP contribution < -0.4 is 9.47 Å². The first-order valence-corrected chi connectivity index (χ1v) is 9.90. The van der Waals surface area contributed by atoms with Crippen LogP contribution in [-0.2, 0) is 0 Å². The van der Waals surface area contributed by atoms with Crippen molar-refractivity contribution in [2.45, 2.75) is 11.8 Å². The minimum Gasteiger partial charge on any atom is -0.496 e. The Morgan fingerprint density at radius 2 is 1.55 bits per heavy atom. The van der Waals surface area contributed by atoms with Gasteiger partial charge in [-0.3, -0.25) is 4.79 Å². The van der Waals surface area contributed by atoms with E-state index >= 15 is 0 Å². The van der Waals surface area contributed by atoms with Crippen molar-refractivity contribution in [1.82, 2.24) is 0 Å². The number of hydrogen-bond acceptors (Lipinski definition) is 5. The number of methoxy groups -OCH3 is 2. The van der Waals surface area contributed by atoms with Gasteiger partial charge in [-0.1, -0.05) is 24.3 Å². The molecule has 0 bridgehead atoms. The topological polar surface area (TPSA) is 72.8 Å². The molecule has 3 rings (SSSR count). The highest BCUT2D eigenvalue weighted by atomic mass is 32.1. The van der Waals surface area contributed by atoms with Gasteiger partial charge in [0.05, 0.1) is 19.8 Å². The van der Waals surface area contributed by atoms with Gasteiger partial charge in [-0.25, -0.2) is 4.79 Å². The molecule has 1 N–H and O–H groups in total. The van der Waals surface area contributed by atoms with Gasteiger partial charge in [-0.15, -0.1) is 12.6 Å². The number of benzene rings is 3. The van der Waals surface area contributed by atoms with Crippen LogP contribution in [0.2, 0.25) is 0 Å². The Morgan fingerprint density at radius 3 is 2.13 bits per heavy atom. The average Bonchev–Trinajstić information content (AvgIpc) is 2.78. The second-order valence-corrected chi connectivity index (χ2v) is 7.36. The highest BCUT2D eigenvalue weighted by Crippen LogP contribution is 2.37. The lowest BCUT2D eigenvalue weighted by atomic mass is 9.98. The van der Waals surface area contributed by atoms with Crippen LogP contribution in [0.25, 0.3) is 17.2 Å². The third-order valence-corrected chi connectivity index (χ3v) is 5.39. The van der Waals surface area contributed by atoms with Crippen LogP contribution in [-0.4, -0.2) is 31.1 Å². The fourth-order valence-electron chi connectivity index (χ4n) is 3.14. The fourth-order valence-corrected chi connectivity index (χ4v) is 3.28. The zero-order chi connectivity index (χ0) is 22.5. The SMILES string of the molecule is COc1cc(OC)c(-c2ccc(S)c(C)c2)cc1/C=C/C(=O)c1ccc(C(=O)O)cc1. The minimum atomic E-state index is -1.04. The standard InChI is InChI=1S/C25H22O5S/c1-15-12-18(9-11-24(15)31)20-13-19(22(29-2)14-23(20)30-3)8-10-21(26)16-4-6-17(7-5-16)25(27)28/h4-14,31H,1-3H3,(H,27,28)/b10-8+. The molecule has 0 aliphatic heterocycles. The van der Waals surface area contributed by atoms with Crippen molar-refractivity contribution in [2.24, 2.45) is 0 Å². The van der Waals surface area contributed by atoms with Gasteiger partial charge in [0.1, 0.15) is 11.5 Å². The van der Waals surface area contributed by atoms with Crippen molar-refractivity contribution in [3.8, 4) is 22.6 Å². The van der Waals surface area contributed by atoms with E-state index < -0.39 is 5.97 Å². The van der Waals surface area contributed by atoms with Crippen molar-refractivity contribution < 1.29 is 24.2 Å². The van der Waals surface area contributed by atoms with Gasteiger partial charge in [-0.2, -0.15) is 0 Å². The minimum absolute atomic E-state index is 0.129. The highest BCUT2D eigenvalue weighted by Gasteiger charge is 2.13. The van der Waals surface area contributed by atoms with Gasteiger partial charge in [0, 0.05) is 27.7 Å². The smallest absolute Gasteiger partial charge is 0.335 e. The number of carbonyl (C=O) groups excluding carboxylic acids is 1. The van der Waals surface area contributed by atoms with E-state index in [2.05, 4.69) is 12.6 Å². The molecule has 0 radical (unpaired) electrons. The predicted molar refractivity (Wildman–Crippen MR) is 124 cm³/mol. The molecule has 0 atom stereocenters. The summed E-state index contributed by atoms with van der Waals surface area (Å²) in [4.78, 5) is 24.4. The molecule has 31 heavy (non-hydrogen) atoms. The Balaban J connectivity index is 1.98. The van der Waals surface area contributed by atoms with Gasteiger partial charge in [0.25, 0.3) is 0 Å². The number of allylic oxidation sites excluding steroid dienone is 1. The molecule has 0 heterocycles. The summed E-state index contributed by atoms with van der Waals surface area (Å²) in [7, 11) is 3.15. The molecular weight excluding hydrogens is 412 g/mol. The van der Waals surface area contributed by atoms with Gasteiger partial charge < -0.3 is 14.6 Å². The zero-order valence-corrected chi connectivity index (χ0v) is 18.3. The van der Waals surface area contributed by atoms with E-state index in [1.807, 2.05) is 31.2 Å². The predicted octanol–water partition coefficient (Wildman–Crippen LogP) is 5.56. The Labute approximate surface area is 186 Å². The molecule has 3 aromatic carbocycles. The normalized spacial score (nSPS) is 10.8. The van der Waals surface area contributed by atoms with Gasteiger partial charge in [0.15, 0.2) is 5.78 Å². The second kappa shape index (κ2) is 9.53. The number of rotatable bonds is 7. The van der Waals surface area contributed by atoms with Crippen LogP contribution >= 0.6 is 12.6 Å². The molecule has 0 aliphatic carbocycles. The molecule has 0 spiro atoms. The molecule has 0 amide bonds. The lowest BCUT2D eigenvalue weighted by molar-refractivity contribution is 0.0696. The molecular formula is C25H22O5S. The van der Waals surface area contributed by atoms with Gasteiger partial charge >= 0.3 is 5.97 Å². The first kappa shape index (κ1) is 22.2. The van der Waals surface area contributed by atoms with E-state index in [9.17, 15) is 9.59 Å². The van der Waals surface area contributed by atoms with Crippen molar-refractivity contribution in [3.05, 3.63) is 82.9 Å². The molecule has 0 aromatic heterocycles. The fraction of sp³-hybridized carbons (Fsp3) is 0.120. The maximum absolute atomic E-state index is 12.6. The largest absolute Gasteiger partial charge is 0.496 e. The third kappa shape index (κ3) is 4.98. The number of aryl methyl sites for hydroxylation is 1. The monoisotopic (exact) mass is 434 g/mol. The summed E-state index contributed by atoms with van der Waals surface area (Å²) in [6.45, 7) is 1.98. The maximum Gasteiger partial charge on any atom is 0.335 e. The van der Waals surface area contributed by atoms with Crippen LogP contribution in [0.5, 0.6) is 11.5 Å². The summed E-state index contributed by atoms with van der Waals surface area (Å²) in [6, 6.07) is 15.4. The lowest BCUT2D eigenvalue weighted by Crippen LogP contribution is -1.99. The Hall–Kier alpha value is -3.51. The summed E-state index contributed by atoms with van der Waals surface area (Å²) < 4.78 is 11.0. The zero-order valence-electron chi connectivity index (χ0n) is 17.4. The van der Waals surface area contributed by atoms with Crippen molar-refractivity contribution >= 4 is 30.5 Å². The van der Waals surface area contributed by atoms with Crippen molar-refractivity contribution in [1.29, 1.82) is 0 Å². The number of ketones is 1. The van der Waals surface area contributed by atoms with Crippen molar-refractivity contribution in [3.63, 3.8) is 0 Å². The van der Waals surface area contributed by atoms with Crippen LogP contribution in [0.4, 0.5) is 0 Å². The third-order valence-electron chi connectivity index (χ3n) is 4.89. The molecule has 0 saturated carbocycles. The summed E-state index contributed by atoms with van der Waals surface area (Å²) in [6.07, 6.45) is 3.11. The Morgan fingerprint density at radius 1 is 0.903 bits per heavy atom. The number of ether oxygens (including phenoxy) is 2.